The monoisotopic (exact) mass is 284 g/mol. The van der Waals surface area contributed by atoms with Crippen LogP contribution in [0.4, 0.5) is 0 Å². The summed E-state index contributed by atoms with van der Waals surface area (Å²) in [6.45, 7) is 2.57. The van der Waals surface area contributed by atoms with Gasteiger partial charge in [-0.1, -0.05) is 36.4 Å². The predicted molar refractivity (Wildman–Crippen MR) is 81.9 cm³/mol. The Hall–Kier alpha value is -2.20. The molecule has 4 nitrogen and oxygen atoms in total. The lowest BCUT2D eigenvalue weighted by Gasteiger charge is -2.27. The van der Waals surface area contributed by atoms with Crippen molar-refractivity contribution in [1.29, 1.82) is 0 Å². The first kappa shape index (κ1) is 15.2. The third kappa shape index (κ3) is 4.39. The van der Waals surface area contributed by atoms with Gasteiger partial charge >= 0.3 is 5.97 Å². The number of carboxylic acid groups (broad SMARTS) is 1. The smallest absolute Gasteiger partial charge is 0.305 e. The molecule has 0 aliphatic rings. The van der Waals surface area contributed by atoms with E-state index in [1.165, 1.54) is 0 Å². The van der Waals surface area contributed by atoms with Crippen LogP contribution >= 0.6 is 0 Å². The summed E-state index contributed by atoms with van der Waals surface area (Å²) < 4.78 is 0. The van der Waals surface area contributed by atoms with Gasteiger partial charge in [0.1, 0.15) is 0 Å². The van der Waals surface area contributed by atoms with E-state index >= 15 is 0 Å². The molecule has 2 rings (SSSR count). The number of aliphatic carboxylic acids is 1. The molecule has 1 N–H and O–H groups in total. The lowest BCUT2D eigenvalue weighted by atomic mass is 10.0. The lowest BCUT2D eigenvalue weighted by Crippen LogP contribution is -2.26. The Morgan fingerprint density at radius 3 is 2.52 bits per heavy atom. The zero-order valence-electron chi connectivity index (χ0n) is 12.4. The Balaban J connectivity index is 2.18. The zero-order valence-corrected chi connectivity index (χ0v) is 12.4. The number of carbonyl (C=O) groups is 1. The van der Waals surface area contributed by atoms with Crippen LogP contribution in [0.5, 0.6) is 0 Å². The molecule has 4 heteroatoms. The van der Waals surface area contributed by atoms with Crippen LogP contribution in [0, 0.1) is 6.92 Å². The van der Waals surface area contributed by atoms with E-state index in [-0.39, 0.29) is 12.5 Å². The summed E-state index contributed by atoms with van der Waals surface area (Å²) in [6.07, 6.45) is 0.0757. The third-order valence-electron chi connectivity index (χ3n) is 3.44. The number of nitrogens with zero attached hydrogens (tertiary/aromatic N) is 2. The quantitative estimate of drug-likeness (QED) is 0.886. The van der Waals surface area contributed by atoms with Crippen molar-refractivity contribution in [1.82, 2.24) is 9.88 Å². The van der Waals surface area contributed by atoms with Gasteiger partial charge in [-0.05, 0) is 31.7 Å². The Morgan fingerprint density at radius 1 is 1.19 bits per heavy atom. The molecule has 0 saturated carbocycles. The van der Waals surface area contributed by atoms with Gasteiger partial charge in [0.05, 0.1) is 12.1 Å². The van der Waals surface area contributed by atoms with Gasteiger partial charge in [0.15, 0.2) is 0 Å². The molecule has 2 aromatic rings. The number of aromatic nitrogens is 1. The van der Waals surface area contributed by atoms with Crippen molar-refractivity contribution in [2.75, 3.05) is 7.05 Å². The molecule has 1 unspecified atom stereocenters. The van der Waals surface area contributed by atoms with E-state index in [0.29, 0.717) is 6.54 Å². The van der Waals surface area contributed by atoms with Gasteiger partial charge in [-0.2, -0.15) is 0 Å². The number of carboxylic acids is 1. The molecule has 0 fully saturated rings. The van der Waals surface area contributed by atoms with Gasteiger partial charge in [-0.3, -0.25) is 14.7 Å². The van der Waals surface area contributed by atoms with Gasteiger partial charge in [0, 0.05) is 18.3 Å². The first-order chi connectivity index (χ1) is 10.1. The molecule has 1 aromatic carbocycles. The molecule has 0 aliphatic heterocycles. The molecule has 0 amide bonds. The number of pyridine rings is 1. The van der Waals surface area contributed by atoms with Gasteiger partial charge in [-0.25, -0.2) is 0 Å². The summed E-state index contributed by atoms with van der Waals surface area (Å²) in [6, 6.07) is 15.5. The fourth-order valence-corrected chi connectivity index (χ4v) is 2.42. The first-order valence-corrected chi connectivity index (χ1v) is 6.96. The number of hydrogen-bond donors (Lipinski definition) is 1. The van der Waals surface area contributed by atoms with Crippen LogP contribution in [0.3, 0.4) is 0 Å². The standard InChI is InChI=1S/C17H20N2O2/c1-13-7-6-10-15(18-13)12-19(2)16(11-17(20)21)14-8-4-3-5-9-14/h3-10,16H,11-12H2,1-2H3,(H,20,21). The van der Waals surface area contributed by atoms with Crippen LogP contribution in [-0.4, -0.2) is 28.0 Å². The van der Waals surface area contributed by atoms with Crippen LogP contribution in [0.15, 0.2) is 48.5 Å². The first-order valence-electron chi connectivity index (χ1n) is 6.96. The van der Waals surface area contributed by atoms with E-state index in [9.17, 15) is 4.79 Å². The molecule has 0 spiro atoms. The minimum atomic E-state index is -0.798. The maximum atomic E-state index is 11.2. The second-order valence-corrected chi connectivity index (χ2v) is 5.21. The number of aryl methyl sites for hydroxylation is 1. The van der Waals surface area contributed by atoms with Crippen molar-refractivity contribution < 1.29 is 9.90 Å². The van der Waals surface area contributed by atoms with Crippen molar-refractivity contribution in [3.63, 3.8) is 0 Å². The largest absolute Gasteiger partial charge is 0.481 e. The van der Waals surface area contributed by atoms with Gasteiger partial charge in [0.25, 0.3) is 0 Å². The highest BCUT2D eigenvalue weighted by Crippen LogP contribution is 2.24. The topological polar surface area (TPSA) is 53.4 Å². The van der Waals surface area contributed by atoms with Crippen molar-refractivity contribution in [2.24, 2.45) is 0 Å². The van der Waals surface area contributed by atoms with Gasteiger partial charge in [-0.15, -0.1) is 0 Å². The fourth-order valence-electron chi connectivity index (χ4n) is 2.42. The SMILES string of the molecule is Cc1cccc(CN(C)C(CC(=O)O)c2ccccc2)n1. The van der Waals surface area contributed by atoms with Crippen LogP contribution in [-0.2, 0) is 11.3 Å². The van der Waals surface area contributed by atoms with E-state index in [0.717, 1.165) is 17.0 Å². The number of hydrogen-bond acceptors (Lipinski definition) is 3. The average Bonchev–Trinajstić information content (AvgIpc) is 2.45. The Bertz CT molecular complexity index is 599. The van der Waals surface area contributed by atoms with E-state index in [1.807, 2.05) is 67.4 Å². The van der Waals surface area contributed by atoms with Crippen molar-refractivity contribution >= 4 is 5.97 Å². The maximum Gasteiger partial charge on any atom is 0.305 e. The van der Waals surface area contributed by atoms with Crippen LogP contribution in [0.25, 0.3) is 0 Å². The molecule has 0 saturated heterocycles. The van der Waals surface area contributed by atoms with Gasteiger partial charge in [0.2, 0.25) is 0 Å². The summed E-state index contributed by atoms with van der Waals surface area (Å²) in [5.41, 5.74) is 2.93. The summed E-state index contributed by atoms with van der Waals surface area (Å²) in [4.78, 5) is 17.7. The summed E-state index contributed by atoms with van der Waals surface area (Å²) in [5, 5.41) is 9.16. The lowest BCUT2D eigenvalue weighted by molar-refractivity contribution is -0.138. The molecule has 1 atom stereocenters. The highest BCUT2D eigenvalue weighted by molar-refractivity contribution is 5.67. The predicted octanol–water partition coefficient (Wildman–Crippen LogP) is 3.04. The maximum absolute atomic E-state index is 11.2. The number of benzene rings is 1. The fraction of sp³-hybridized carbons (Fsp3) is 0.294. The molecule has 1 heterocycles. The Kier molecular flexibility index (Phi) is 5.06. The summed E-state index contributed by atoms with van der Waals surface area (Å²) in [5.74, 6) is -0.798. The summed E-state index contributed by atoms with van der Waals surface area (Å²) >= 11 is 0. The zero-order chi connectivity index (χ0) is 15.2. The van der Waals surface area contributed by atoms with Crippen molar-refractivity contribution in [3.8, 4) is 0 Å². The Labute approximate surface area is 125 Å². The van der Waals surface area contributed by atoms with Crippen molar-refractivity contribution in [3.05, 3.63) is 65.5 Å². The van der Waals surface area contributed by atoms with E-state index in [4.69, 9.17) is 5.11 Å². The van der Waals surface area contributed by atoms with Crippen molar-refractivity contribution in [2.45, 2.75) is 25.9 Å². The van der Waals surface area contributed by atoms with E-state index in [2.05, 4.69) is 4.98 Å². The van der Waals surface area contributed by atoms with Crippen LogP contribution in [0.1, 0.15) is 29.4 Å². The molecule has 0 radical (unpaired) electrons. The van der Waals surface area contributed by atoms with Crippen LogP contribution < -0.4 is 0 Å². The van der Waals surface area contributed by atoms with E-state index in [1.54, 1.807) is 0 Å². The normalized spacial score (nSPS) is 12.3. The minimum Gasteiger partial charge on any atom is -0.481 e. The molecular formula is C17H20N2O2. The molecule has 0 aliphatic carbocycles. The highest BCUT2D eigenvalue weighted by Gasteiger charge is 2.20. The second kappa shape index (κ2) is 6.99. The molecule has 1 aromatic heterocycles. The molecule has 0 bridgehead atoms. The molecule has 110 valence electrons. The second-order valence-electron chi connectivity index (χ2n) is 5.21. The van der Waals surface area contributed by atoms with E-state index < -0.39 is 5.97 Å². The van der Waals surface area contributed by atoms with Gasteiger partial charge < -0.3 is 5.11 Å². The minimum absolute atomic E-state index is 0.0757. The molecular weight excluding hydrogens is 264 g/mol. The average molecular weight is 284 g/mol. The molecule has 21 heavy (non-hydrogen) atoms. The summed E-state index contributed by atoms with van der Waals surface area (Å²) in [7, 11) is 1.94. The number of rotatable bonds is 6. The highest BCUT2D eigenvalue weighted by atomic mass is 16.4. The Morgan fingerprint density at radius 2 is 1.90 bits per heavy atom. The van der Waals surface area contributed by atoms with Crippen LogP contribution in [0.2, 0.25) is 0 Å². The third-order valence-corrected chi connectivity index (χ3v) is 3.44.